The molecule has 2 heteroatoms. The number of aromatic nitrogens is 1. The predicted octanol–water partition coefficient (Wildman–Crippen LogP) is 4.54. The van der Waals surface area contributed by atoms with E-state index in [-0.39, 0.29) is 0 Å². The van der Waals surface area contributed by atoms with Gasteiger partial charge in [0.15, 0.2) is 0 Å². The summed E-state index contributed by atoms with van der Waals surface area (Å²) in [6.45, 7) is 2.23. The Morgan fingerprint density at radius 1 is 1.12 bits per heavy atom. The van der Waals surface area contributed by atoms with Gasteiger partial charge in [0.1, 0.15) is 5.01 Å². The van der Waals surface area contributed by atoms with E-state index in [1.54, 1.807) is 11.3 Å². The van der Waals surface area contributed by atoms with E-state index in [0.29, 0.717) is 0 Å². The van der Waals surface area contributed by atoms with Crippen LogP contribution in [0, 0.1) is 0 Å². The third-order valence-electron chi connectivity index (χ3n) is 2.61. The summed E-state index contributed by atoms with van der Waals surface area (Å²) in [6, 6.07) is 10.4. The Labute approximate surface area is 101 Å². The van der Waals surface area contributed by atoms with Crippen LogP contribution in [0.2, 0.25) is 0 Å². The van der Waals surface area contributed by atoms with Crippen LogP contribution in [0.25, 0.3) is 10.6 Å². The Morgan fingerprint density at radius 3 is 2.69 bits per heavy atom. The Hall–Kier alpha value is -1.15. The van der Waals surface area contributed by atoms with Gasteiger partial charge in [0.05, 0.1) is 5.69 Å². The number of rotatable bonds is 5. The molecule has 0 N–H and O–H groups in total. The molecular formula is C14H17NS. The van der Waals surface area contributed by atoms with Crippen LogP contribution in [0.5, 0.6) is 0 Å². The van der Waals surface area contributed by atoms with Crippen molar-refractivity contribution in [3.05, 3.63) is 41.4 Å². The Balaban J connectivity index is 2.02. The summed E-state index contributed by atoms with van der Waals surface area (Å²) in [6.07, 6.45) is 4.96. The maximum Gasteiger partial charge on any atom is 0.123 e. The molecular weight excluding hydrogens is 214 g/mol. The van der Waals surface area contributed by atoms with Gasteiger partial charge in [0, 0.05) is 10.9 Å². The first-order valence-electron chi connectivity index (χ1n) is 5.90. The first kappa shape index (κ1) is 11.3. The van der Waals surface area contributed by atoms with Crippen molar-refractivity contribution in [2.75, 3.05) is 0 Å². The molecule has 0 spiro atoms. The molecule has 1 aromatic heterocycles. The van der Waals surface area contributed by atoms with Crippen molar-refractivity contribution in [1.82, 2.24) is 4.98 Å². The Morgan fingerprint density at radius 2 is 1.94 bits per heavy atom. The molecule has 0 aliphatic rings. The highest BCUT2D eigenvalue weighted by Crippen LogP contribution is 2.23. The lowest BCUT2D eigenvalue weighted by molar-refractivity contribution is 0.710. The molecule has 0 atom stereocenters. The first-order chi connectivity index (χ1) is 7.90. The van der Waals surface area contributed by atoms with E-state index in [9.17, 15) is 0 Å². The minimum atomic E-state index is 1.12. The number of benzene rings is 1. The van der Waals surface area contributed by atoms with Gasteiger partial charge in [-0.25, -0.2) is 4.98 Å². The second-order valence-corrected chi connectivity index (χ2v) is 4.83. The maximum atomic E-state index is 4.67. The topological polar surface area (TPSA) is 12.9 Å². The average Bonchev–Trinajstić information content (AvgIpc) is 2.79. The van der Waals surface area contributed by atoms with Crippen LogP contribution < -0.4 is 0 Å². The summed E-state index contributed by atoms with van der Waals surface area (Å²) in [5, 5.41) is 3.34. The van der Waals surface area contributed by atoms with Gasteiger partial charge >= 0.3 is 0 Å². The van der Waals surface area contributed by atoms with Gasteiger partial charge < -0.3 is 0 Å². The van der Waals surface area contributed by atoms with Crippen LogP contribution in [-0.4, -0.2) is 4.98 Å². The molecule has 0 fully saturated rings. The summed E-state index contributed by atoms with van der Waals surface area (Å²) in [7, 11) is 0. The van der Waals surface area contributed by atoms with Crippen molar-refractivity contribution >= 4 is 11.3 Å². The first-order valence-corrected chi connectivity index (χ1v) is 6.78. The lowest BCUT2D eigenvalue weighted by atomic mass is 10.2. The molecule has 0 amide bonds. The van der Waals surface area contributed by atoms with Gasteiger partial charge in [0.2, 0.25) is 0 Å². The highest BCUT2D eigenvalue weighted by atomic mass is 32.1. The zero-order valence-electron chi connectivity index (χ0n) is 9.65. The third kappa shape index (κ3) is 2.92. The molecule has 0 saturated heterocycles. The molecule has 84 valence electrons. The number of nitrogens with zero attached hydrogens (tertiary/aromatic N) is 1. The largest absolute Gasteiger partial charge is 0.241 e. The van der Waals surface area contributed by atoms with Crippen molar-refractivity contribution in [1.29, 1.82) is 0 Å². The number of aryl methyl sites for hydroxylation is 1. The number of thiazole rings is 1. The molecule has 0 saturated carbocycles. The lowest BCUT2D eigenvalue weighted by Crippen LogP contribution is -1.85. The van der Waals surface area contributed by atoms with Crippen LogP contribution in [0.4, 0.5) is 0 Å². The van der Waals surface area contributed by atoms with Crippen molar-refractivity contribution < 1.29 is 0 Å². The van der Waals surface area contributed by atoms with Crippen LogP contribution in [-0.2, 0) is 6.42 Å². The van der Waals surface area contributed by atoms with Crippen molar-refractivity contribution in [3.8, 4) is 10.6 Å². The SMILES string of the molecule is CCCCCc1csc(-c2ccccc2)n1. The van der Waals surface area contributed by atoms with Crippen LogP contribution in [0.3, 0.4) is 0 Å². The molecule has 2 rings (SSSR count). The molecule has 0 aliphatic carbocycles. The summed E-state index contributed by atoms with van der Waals surface area (Å²) in [5.41, 5.74) is 2.48. The standard InChI is InChI=1S/C14H17NS/c1-2-3-5-10-13-11-16-14(15-13)12-8-6-4-7-9-12/h4,6-9,11H,2-3,5,10H2,1H3. The fraction of sp³-hybridized carbons (Fsp3) is 0.357. The minimum Gasteiger partial charge on any atom is -0.241 e. The summed E-state index contributed by atoms with van der Waals surface area (Å²) in [5.74, 6) is 0. The van der Waals surface area contributed by atoms with E-state index in [1.165, 1.54) is 30.5 Å². The van der Waals surface area contributed by atoms with Crippen molar-refractivity contribution in [2.24, 2.45) is 0 Å². The Bertz CT molecular complexity index is 419. The number of hydrogen-bond donors (Lipinski definition) is 0. The minimum absolute atomic E-state index is 1.12. The monoisotopic (exact) mass is 231 g/mol. The van der Waals surface area contributed by atoms with E-state index < -0.39 is 0 Å². The molecule has 0 unspecified atom stereocenters. The molecule has 1 heterocycles. The number of hydrogen-bond acceptors (Lipinski definition) is 2. The third-order valence-corrected chi connectivity index (χ3v) is 3.55. The van der Waals surface area contributed by atoms with Crippen LogP contribution in [0.15, 0.2) is 35.7 Å². The Kier molecular flexibility index (Phi) is 4.11. The van der Waals surface area contributed by atoms with Crippen molar-refractivity contribution in [2.45, 2.75) is 32.6 Å². The van der Waals surface area contributed by atoms with Gasteiger partial charge in [-0.15, -0.1) is 11.3 Å². The fourth-order valence-electron chi connectivity index (χ4n) is 1.69. The molecule has 1 aromatic carbocycles. The van der Waals surface area contributed by atoms with E-state index in [4.69, 9.17) is 0 Å². The van der Waals surface area contributed by atoms with Crippen LogP contribution in [0.1, 0.15) is 31.9 Å². The van der Waals surface area contributed by atoms with Gasteiger partial charge in [-0.2, -0.15) is 0 Å². The molecule has 1 nitrogen and oxygen atoms in total. The molecule has 2 aromatic rings. The number of unbranched alkanes of at least 4 members (excludes halogenated alkanes) is 2. The molecule has 0 radical (unpaired) electrons. The molecule has 16 heavy (non-hydrogen) atoms. The normalized spacial score (nSPS) is 10.6. The summed E-state index contributed by atoms with van der Waals surface area (Å²) < 4.78 is 0. The molecule has 0 aliphatic heterocycles. The van der Waals surface area contributed by atoms with E-state index in [2.05, 4.69) is 41.6 Å². The van der Waals surface area contributed by atoms with E-state index >= 15 is 0 Å². The highest BCUT2D eigenvalue weighted by molar-refractivity contribution is 7.13. The van der Waals surface area contributed by atoms with E-state index in [0.717, 1.165) is 11.4 Å². The average molecular weight is 231 g/mol. The lowest BCUT2D eigenvalue weighted by Gasteiger charge is -1.95. The summed E-state index contributed by atoms with van der Waals surface area (Å²) >= 11 is 1.75. The molecule has 0 bridgehead atoms. The second-order valence-electron chi connectivity index (χ2n) is 3.97. The van der Waals surface area contributed by atoms with E-state index in [1.807, 2.05) is 6.07 Å². The van der Waals surface area contributed by atoms with Gasteiger partial charge in [-0.05, 0) is 12.8 Å². The van der Waals surface area contributed by atoms with Gasteiger partial charge in [-0.3, -0.25) is 0 Å². The summed E-state index contributed by atoms with van der Waals surface area (Å²) in [4.78, 5) is 4.67. The smallest absolute Gasteiger partial charge is 0.123 e. The highest BCUT2D eigenvalue weighted by Gasteiger charge is 2.03. The van der Waals surface area contributed by atoms with Gasteiger partial charge in [0.25, 0.3) is 0 Å². The second kappa shape index (κ2) is 5.80. The maximum absolute atomic E-state index is 4.67. The zero-order chi connectivity index (χ0) is 11.2. The fourth-order valence-corrected chi connectivity index (χ4v) is 2.55. The quantitative estimate of drug-likeness (QED) is 0.688. The van der Waals surface area contributed by atoms with Crippen molar-refractivity contribution in [3.63, 3.8) is 0 Å². The zero-order valence-corrected chi connectivity index (χ0v) is 10.5. The van der Waals surface area contributed by atoms with Gasteiger partial charge in [-0.1, -0.05) is 50.1 Å². The predicted molar refractivity (Wildman–Crippen MR) is 70.8 cm³/mol. The van der Waals surface area contributed by atoms with Crippen LogP contribution >= 0.6 is 11.3 Å².